The molecule has 0 radical (unpaired) electrons. The molecule has 0 atom stereocenters. The van der Waals surface area contributed by atoms with Gasteiger partial charge >= 0.3 is 0 Å². The number of hydrogen-bond donors (Lipinski definition) is 2. The first-order valence-electron chi connectivity index (χ1n) is 6.50. The van der Waals surface area contributed by atoms with Crippen LogP contribution in [-0.2, 0) is 9.84 Å². The van der Waals surface area contributed by atoms with E-state index in [0.717, 1.165) is 25.7 Å². The molecule has 17 heavy (non-hydrogen) atoms. The molecule has 1 aliphatic carbocycles. The molecule has 0 spiro atoms. The van der Waals surface area contributed by atoms with Gasteiger partial charge in [0.05, 0.1) is 11.4 Å². The van der Waals surface area contributed by atoms with Crippen LogP contribution in [0.3, 0.4) is 0 Å². The van der Waals surface area contributed by atoms with Crippen molar-refractivity contribution in [3.8, 4) is 0 Å². The normalized spacial score (nSPS) is 30.4. The lowest BCUT2D eigenvalue weighted by Gasteiger charge is -2.35. The number of sulfone groups is 1. The molecule has 1 saturated carbocycles. The van der Waals surface area contributed by atoms with Crippen molar-refractivity contribution in [1.29, 1.82) is 0 Å². The molecule has 0 aromatic rings. The van der Waals surface area contributed by atoms with Gasteiger partial charge in [0.2, 0.25) is 0 Å². The third kappa shape index (κ3) is 5.36. The second kappa shape index (κ2) is 6.16. The highest BCUT2D eigenvalue weighted by Gasteiger charge is 2.31. The molecule has 0 saturated heterocycles. The van der Waals surface area contributed by atoms with Gasteiger partial charge in [0.15, 0.2) is 9.84 Å². The number of hydrogen-bond acceptors (Lipinski definition) is 4. The highest BCUT2D eigenvalue weighted by atomic mass is 32.2. The Morgan fingerprint density at radius 3 is 2.47 bits per heavy atom. The first kappa shape index (κ1) is 14.9. The number of rotatable bonds is 6. The number of nitrogens with one attached hydrogen (secondary N) is 1. The molecule has 1 aliphatic rings. The summed E-state index contributed by atoms with van der Waals surface area (Å²) in [6.45, 7) is 4.82. The molecular formula is C12H25NO3S. The van der Waals surface area contributed by atoms with Crippen LogP contribution in [0.1, 0.15) is 39.5 Å². The van der Waals surface area contributed by atoms with Crippen molar-refractivity contribution in [2.24, 2.45) is 5.92 Å². The molecule has 102 valence electrons. The molecule has 1 fully saturated rings. The van der Waals surface area contributed by atoms with Gasteiger partial charge in [0.1, 0.15) is 0 Å². The summed E-state index contributed by atoms with van der Waals surface area (Å²) >= 11 is 0. The Morgan fingerprint density at radius 1 is 1.35 bits per heavy atom. The van der Waals surface area contributed by atoms with Crippen LogP contribution in [0.4, 0.5) is 0 Å². The summed E-state index contributed by atoms with van der Waals surface area (Å²) in [7, 11) is -2.90. The van der Waals surface area contributed by atoms with Gasteiger partial charge in [0, 0.05) is 18.8 Å². The van der Waals surface area contributed by atoms with Gasteiger partial charge < -0.3 is 10.4 Å². The van der Waals surface area contributed by atoms with Gasteiger partial charge in [-0.25, -0.2) is 8.42 Å². The van der Waals surface area contributed by atoms with Crippen molar-refractivity contribution in [2.45, 2.75) is 45.1 Å². The molecule has 5 heteroatoms. The minimum absolute atomic E-state index is 0.163. The molecule has 0 aromatic carbocycles. The summed E-state index contributed by atoms with van der Waals surface area (Å²) in [4.78, 5) is 0. The maximum atomic E-state index is 11.3. The van der Waals surface area contributed by atoms with Crippen LogP contribution in [-0.4, -0.2) is 43.7 Å². The van der Waals surface area contributed by atoms with Crippen LogP contribution >= 0.6 is 0 Å². The third-order valence-electron chi connectivity index (χ3n) is 3.69. The van der Waals surface area contributed by atoms with Crippen LogP contribution in [0.5, 0.6) is 0 Å². The minimum Gasteiger partial charge on any atom is -0.389 e. The topological polar surface area (TPSA) is 66.4 Å². The van der Waals surface area contributed by atoms with Gasteiger partial charge in [-0.15, -0.1) is 0 Å². The van der Waals surface area contributed by atoms with E-state index in [9.17, 15) is 13.5 Å². The minimum atomic E-state index is -2.90. The molecule has 4 nitrogen and oxygen atoms in total. The van der Waals surface area contributed by atoms with Gasteiger partial charge in [-0.3, -0.25) is 0 Å². The summed E-state index contributed by atoms with van der Waals surface area (Å²) in [6, 6.07) is 0. The molecule has 0 amide bonds. The maximum Gasteiger partial charge on any atom is 0.151 e. The smallest absolute Gasteiger partial charge is 0.151 e. The summed E-state index contributed by atoms with van der Waals surface area (Å²) < 4.78 is 22.5. The van der Waals surface area contributed by atoms with E-state index in [2.05, 4.69) is 12.2 Å². The Kier molecular flexibility index (Phi) is 5.41. The average molecular weight is 263 g/mol. The zero-order valence-electron chi connectivity index (χ0n) is 10.9. The van der Waals surface area contributed by atoms with Gasteiger partial charge in [-0.05, 0) is 31.6 Å². The quantitative estimate of drug-likeness (QED) is 0.700. The van der Waals surface area contributed by atoms with E-state index < -0.39 is 15.4 Å². The summed E-state index contributed by atoms with van der Waals surface area (Å²) in [5, 5.41) is 13.3. The molecule has 0 aliphatic heterocycles. The van der Waals surface area contributed by atoms with E-state index in [1.165, 1.54) is 0 Å². The van der Waals surface area contributed by atoms with E-state index >= 15 is 0 Å². The lowest BCUT2D eigenvalue weighted by molar-refractivity contribution is -0.00559. The second-order valence-electron chi connectivity index (χ2n) is 5.32. The first-order chi connectivity index (χ1) is 7.87. The van der Waals surface area contributed by atoms with Crippen LogP contribution in [0.2, 0.25) is 0 Å². The van der Waals surface area contributed by atoms with Crippen LogP contribution in [0.15, 0.2) is 0 Å². The summed E-state index contributed by atoms with van der Waals surface area (Å²) in [5.74, 6) is 1.06. The monoisotopic (exact) mass is 263 g/mol. The fourth-order valence-corrected chi connectivity index (χ4v) is 2.91. The first-order valence-corrected chi connectivity index (χ1v) is 8.32. The van der Waals surface area contributed by atoms with E-state index in [4.69, 9.17) is 0 Å². The Balaban J connectivity index is 2.22. The Labute approximate surface area is 105 Å². The predicted octanol–water partition coefficient (Wildman–Crippen LogP) is 0.952. The number of aliphatic hydroxyl groups is 1. The van der Waals surface area contributed by atoms with Crippen molar-refractivity contribution < 1.29 is 13.5 Å². The molecule has 0 heterocycles. The zero-order valence-corrected chi connectivity index (χ0v) is 11.7. The second-order valence-corrected chi connectivity index (χ2v) is 7.79. The highest BCUT2D eigenvalue weighted by Crippen LogP contribution is 2.31. The van der Waals surface area contributed by atoms with Crippen molar-refractivity contribution in [3.63, 3.8) is 0 Å². The van der Waals surface area contributed by atoms with E-state index in [-0.39, 0.29) is 11.5 Å². The molecule has 0 aromatic heterocycles. The van der Waals surface area contributed by atoms with Crippen molar-refractivity contribution in [3.05, 3.63) is 0 Å². The van der Waals surface area contributed by atoms with E-state index in [1.807, 2.05) is 0 Å². The van der Waals surface area contributed by atoms with Gasteiger partial charge in [0.25, 0.3) is 0 Å². The zero-order chi connectivity index (χ0) is 12.9. The Hall–Kier alpha value is -0.130. The van der Waals surface area contributed by atoms with E-state index in [1.54, 1.807) is 6.92 Å². The molecule has 0 bridgehead atoms. The largest absolute Gasteiger partial charge is 0.389 e. The van der Waals surface area contributed by atoms with Crippen LogP contribution < -0.4 is 5.32 Å². The lowest BCUT2D eigenvalue weighted by Crippen LogP contribution is -2.44. The summed E-state index contributed by atoms with van der Waals surface area (Å²) in [6.07, 6.45) is 3.76. The fourth-order valence-electron chi connectivity index (χ4n) is 2.17. The third-order valence-corrected chi connectivity index (χ3v) is 5.39. The van der Waals surface area contributed by atoms with Crippen molar-refractivity contribution in [1.82, 2.24) is 5.32 Å². The fraction of sp³-hybridized carbons (Fsp3) is 1.00. The van der Waals surface area contributed by atoms with Crippen LogP contribution in [0, 0.1) is 5.92 Å². The Bertz CT molecular complexity index is 319. The summed E-state index contributed by atoms with van der Waals surface area (Å²) in [5.41, 5.74) is -0.623. The SMILES string of the molecule is CCS(=O)(=O)CCNCC1(O)CCC(C)CC1. The van der Waals surface area contributed by atoms with Gasteiger partial charge in [-0.2, -0.15) is 0 Å². The van der Waals surface area contributed by atoms with E-state index in [0.29, 0.717) is 19.0 Å². The predicted molar refractivity (Wildman–Crippen MR) is 69.8 cm³/mol. The molecule has 0 unspecified atom stereocenters. The average Bonchev–Trinajstić information content (AvgIpc) is 2.29. The van der Waals surface area contributed by atoms with Gasteiger partial charge in [-0.1, -0.05) is 13.8 Å². The maximum absolute atomic E-state index is 11.3. The molecule has 2 N–H and O–H groups in total. The van der Waals surface area contributed by atoms with Crippen molar-refractivity contribution >= 4 is 9.84 Å². The molecular weight excluding hydrogens is 238 g/mol. The standard InChI is InChI=1S/C12H25NO3S/c1-3-17(15,16)9-8-13-10-12(14)6-4-11(2)5-7-12/h11,13-14H,3-10H2,1-2H3. The lowest BCUT2D eigenvalue weighted by atomic mass is 9.79. The van der Waals surface area contributed by atoms with Crippen molar-refractivity contribution in [2.75, 3.05) is 24.6 Å². The van der Waals surface area contributed by atoms with Crippen LogP contribution in [0.25, 0.3) is 0 Å². The Morgan fingerprint density at radius 2 is 1.94 bits per heavy atom. The molecule has 1 rings (SSSR count). The highest BCUT2D eigenvalue weighted by molar-refractivity contribution is 7.91.